The van der Waals surface area contributed by atoms with Crippen LogP contribution < -0.4 is 0 Å². The summed E-state index contributed by atoms with van der Waals surface area (Å²) in [7, 11) is -1.83. The van der Waals surface area contributed by atoms with Crippen LogP contribution in [0.15, 0.2) is 0 Å². The van der Waals surface area contributed by atoms with Gasteiger partial charge in [-0.05, 0) is 92.2 Å². The smallest absolute Gasteiger partial charge is 0.192 e. The molecule has 39 heavy (non-hydrogen) atoms. The second kappa shape index (κ2) is 9.11. The van der Waals surface area contributed by atoms with E-state index < -0.39 is 25.6 Å². The van der Waals surface area contributed by atoms with Crippen LogP contribution in [0.25, 0.3) is 0 Å². The lowest BCUT2D eigenvalue weighted by molar-refractivity contribution is -0.273. The molecule has 2 saturated heterocycles. The van der Waals surface area contributed by atoms with Crippen molar-refractivity contribution in [3.63, 3.8) is 0 Å². The van der Waals surface area contributed by atoms with E-state index in [-0.39, 0.29) is 40.1 Å². The minimum atomic E-state index is -1.83. The van der Waals surface area contributed by atoms with Gasteiger partial charge in [0, 0.05) is 35.7 Å². The molecule has 2 heterocycles. The molecule has 13 atom stereocenters. The fourth-order valence-electron chi connectivity index (χ4n) is 10.7. The van der Waals surface area contributed by atoms with Gasteiger partial charge in [-0.15, -0.1) is 0 Å². The first-order valence-corrected chi connectivity index (χ1v) is 19.2. The van der Waals surface area contributed by atoms with Gasteiger partial charge in [0.15, 0.2) is 19.9 Å². The molecule has 1 N–H and O–H groups in total. The van der Waals surface area contributed by atoms with Gasteiger partial charge in [-0.3, -0.25) is 4.79 Å². The zero-order valence-electron chi connectivity index (χ0n) is 26.2. The monoisotopic (exact) mass is 560 g/mol. The zero-order chi connectivity index (χ0) is 28.3. The molecule has 5 nitrogen and oxygen atoms in total. The lowest BCUT2D eigenvalue weighted by atomic mass is 9.43. The van der Waals surface area contributed by atoms with Crippen LogP contribution in [0.2, 0.25) is 18.1 Å². The number of hydrogen-bond donors (Lipinski definition) is 1. The maximum absolute atomic E-state index is 14.4. The summed E-state index contributed by atoms with van der Waals surface area (Å²) >= 11 is 0. The van der Waals surface area contributed by atoms with Crippen molar-refractivity contribution in [3.8, 4) is 0 Å². The van der Waals surface area contributed by atoms with Crippen molar-refractivity contribution in [2.24, 2.45) is 52.3 Å². The average Bonchev–Trinajstić information content (AvgIpc) is 3.29. The highest BCUT2D eigenvalue weighted by Crippen LogP contribution is 2.70. The summed E-state index contributed by atoms with van der Waals surface area (Å²) in [5.41, 5.74) is -0.521. The highest BCUT2D eigenvalue weighted by molar-refractivity contribution is 6.74. The molecule has 6 fully saturated rings. The van der Waals surface area contributed by atoms with E-state index in [9.17, 15) is 9.90 Å². The number of fused-ring (bicyclic) bond motifs is 7. The van der Waals surface area contributed by atoms with Gasteiger partial charge >= 0.3 is 0 Å². The van der Waals surface area contributed by atoms with E-state index in [1.165, 1.54) is 6.42 Å². The molecular formula is C33H56O5Si. The number of rotatable bonds is 2. The topological polar surface area (TPSA) is 65.0 Å². The van der Waals surface area contributed by atoms with Gasteiger partial charge in [0.25, 0.3) is 0 Å². The van der Waals surface area contributed by atoms with Crippen LogP contribution >= 0.6 is 0 Å². The Labute approximate surface area is 238 Å². The predicted molar refractivity (Wildman–Crippen MR) is 156 cm³/mol. The van der Waals surface area contributed by atoms with Crippen LogP contribution in [0.1, 0.15) is 99.8 Å². The summed E-state index contributed by atoms with van der Waals surface area (Å²) in [6.45, 7) is 21.6. The fraction of sp³-hybridized carbons (Fsp3) is 0.970. The van der Waals surface area contributed by atoms with Crippen molar-refractivity contribution >= 4 is 14.1 Å². The van der Waals surface area contributed by atoms with Gasteiger partial charge in [0.2, 0.25) is 0 Å². The van der Waals surface area contributed by atoms with E-state index in [1.54, 1.807) is 0 Å². The van der Waals surface area contributed by atoms with Gasteiger partial charge in [-0.25, -0.2) is 0 Å². The molecule has 0 aromatic rings. The third-order valence-corrected chi connectivity index (χ3v) is 18.5. The molecule has 222 valence electrons. The Morgan fingerprint density at radius 3 is 2.36 bits per heavy atom. The maximum Gasteiger partial charge on any atom is 0.192 e. The second-order valence-electron chi connectivity index (χ2n) is 16.9. The minimum Gasteiger partial charge on any atom is -0.414 e. The first-order chi connectivity index (χ1) is 18.0. The molecule has 4 aliphatic carbocycles. The molecule has 0 aromatic carbocycles. The standard InChI is InChI=1S/C33H56O5Si/c1-19-12-15-33(36-18-19)20(2)26-25(37-33)17-24-23-11-10-21-16-22(38-39(8,9)30(3,4)5)13-14-31(21,6)27(23)28(34)29(35)32(24,26)7/h19-28,34H,10-18H2,1-9H3/t19-,20+,21+,22+,23+,24+,25+,26+,27-,28?,31+,32+,33-/m1/s1. The number of ketones is 1. The van der Waals surface area contributed by atoms with Crippen LogP contribution in [0.4, 0.5) is 0 Å². The van der Waals surface area contributed by atoms with Gasteiger partial charge in [-0.1, -0.05) is 48.5 Å². The van der Waals surface area contributed by atoms with Crippen molar-refractivity contribution in [2.45, 2.75) is 142 Å². The number of aliphatic hydroxyl groups is 1. The molecule has 4 saturated carbocycles. The summed E-state index contributed by atoms with van der Waals surface area (Å²) in [6.07, 6.45) is 8.01. The molecule has 1 spiro atoms. The van der Waals surface area contributed by atoms with E-state index in [2.05, 4.69) is 61.6 Å². The lowest BCUT2D eigenvalue weighted by Gasteiger charge is -2.62. The van der Waals surface area contributed by atoms with Gasteiger partial charge in [0.1, 0.15) is 6.10 Å². The average molecular weight is 561 g/mol. The normalized spacial score (nSPS) is 53.7. The van der Waals surface area contributed by atoms with Gasteiger partial charge < -0.3 is 19.0 Å². The minimum absolute atomic E-state index is 0.000625. The highest BCUT2D eigenvalue weighted by atomic mass is 28.4. The fourth-order valence-corrected chi connectivity index (χ4v) is 12.1. The van der Waals surface area contributed by atoms with Crippen molar-refractivity contribution in [1.82, 2.24) is 0 Å². The number of hydrogen-bond acceptors (Lipinski definition) is 5. The number of Topliss-reactive ketones (excluding diaryl/α,β-unsaturated/α-hetero) is 1. The number of ether oxygens (including phenoxy) is 2. The Morgan fingerprint density at radius 1 is 1.00 bits per heavy atom. The Kier molecular flexibility index (Phi) is 6.74. The molecule has 0 bridgehead atoms. The first-order valence-electron chi connectivity index (χ1n) is 16.3. The van der Waals surface area contributed by atoms with E-state index >= 15 is 0 Å². The van der Waals surface area contributed by atoms with Crippen LogP contribution in [0, 0.1) is 52.3 Å². The summed E-state index contributed by atoms with van der Waals surface area (Å²) in [5.74, 6) is 1.72. The third-order valence-electron chi connectivity index (χ3n) is 14.0. The Morgan fingerprint density at radius 2 is 1.72 bits per heavy atom. The largest absolute Gasteiger partial charge is 0.414 e. The van der Waals surface area contributed by atoms with Crippen LogP contribution in [-0.2, 0) is 18.7 Å². The zero-order valence-corrected chi connectivity index (χ0v) is 27.2. The molecule has 6 heteroatoms. The Balaban J connectivity index is 1.24. The number of carbonyl (C=O) groups excluding carboxylic acids is 1. The SMILES string of the molecule is C[C@@H]1CC[C@@]2(OC1)O[C@H]1C[C@H]3[C@@H]4CC[C@H]5C[C@@H](O[Si](C)(C)C(C)(C)C)CC[C@]5(C)[C@H]4C(O)C(=O)[C@]3(C)[C@H]1[C@@H]2C. The third kappa shape index (κ3) is 4.00. The molecule has 6 rings (SSSR count). The number of carbonyl (C=O) groups is 1. The lowest BCUT2D eigenvalue weighted by Crippen LogP contribution is -2.64. The summed E-state index contributed by atoms with van der Waals surface area (Å²) in [5, 5.41) is 12.2. The number of aliphatic hydroxyl groups excluding tert-OH is 1. The molecule has 0 aromatic heterocycles. The van der Waals surface area contributed by atoms with Crippen molar-refractivity contribution in [3.05, 3.63) is 0 Å². The maximum atomic E-state index is 14.4. The van der Waals surface area contributed by atoms with Crippen molar-refractivity contribution in [1.29, 1.82) is 0 Å². The second-order valence-corrected chi connectivity index (χ2v) is 21.7. The van der Waals surface area contributed by atoms with Gasteiger partial charge in [-0.2, -0.15) is 0 Å². The molecule has 6 aliphatic rings. The Hall–Kier alpha value is -0.273. The molecule has 1 unspecified atom stereocenters. The van der Waals surface area contributed by atoms with E-state index in [0.717, 1.165) is 51.6 Å². The van der Waals surface area contributed by atoms with E-state index in [1.807, 2.05) is 0 Å². The van der Waals surface area contributed by atoms with Crippen molar-refractivity contribution < 1.29 is 23.8 Å². The molecule has 2 aliphatic heterocycles. The highest BCUT2D eigenvalue weighted by Gasteiger charge is 2.73. The van der Waals surface area contributed by atoms with Crippen LogP contribution in [0.5, 0.6) is 0 Å². The summed E-state index contributed by atoms with van der Waals surface area (Å²) in [6, 6.07) is 0. The molecular weight excluding hydrogens is 504 g/mol. The van der Waals surface area contributed by atoms with E-state index in [0.29, 0.717) is 29.8 Å². The molecule has 0 amide bonds. The van der Waals surface area contributed by atoms with Crippen molar-refractivity contribution in [2.75, 3.05) is 6.61 Å². The predicted octanol–water partition coefficient (Wildman–Crippen LogP) is 6.97. The Bertz CT molecular complexity index is 981. The summed E-state index contributed by atoms with van der Waals surface area (Å²) in [4.78, 5) is 14.4. The van der Waals surface area contributed by atoms with Gasteiger partial charge in [0.05, 0.1) is 12.7 Å². The van der Waals surface area contributed by atoms with Crippen LogP contribution in [0.3, 0.4) is 0 Å². The van der Waals surface area contributed by atoms with Crippen LogP contribution in [-0.4, -0.2) is 49.9 Å². The molecule has 0 radical (unpaired) electrons. The summed E-state index contributed by atoms with van der Waals surface area (Å²) < 4.78 is 20.2. The van der Waals surface area contributed by atoms with E-state index in [4.69, 9.17) is 13.9 Å². The first kappa shape index (κ1) is 28.8. The quantitative estimate of drug-likeness (QED) is 0.369.